The number of anilines is 1. The van der Waals surface area contributed by atoms with E-state index in [9.17, 15) is 4.79 Å². The Morgan fingerprint density at radius 2 is 2.06 bits per heavy atom. The van der Waals surface area contributed by atoms with Crippen LogP contribution in [0.2, 0.25) is 5.02 Å². The van der Waals surface area contributed by atoms with E-state index in [1.165, 1.54) is 6.33 Å². The molecule has 32 heavy (non-hydrogen) atoms. The maximum Gasteiger partial charge on any atom is 0.226 e. The van der Waals surface area contributed by atoms with Gasteiger partial charge in [-0.15, -0.1) is 0 Å². The summed E-state index contributed by atoms with van der Waals surface area (Å²) in [4.78, 5) is 17.7. The zero-order valence-electron chi connectivity index (χ0n) is 17.7. The quantitative estimate of drug-likeness (QED) is 0.468. The van der Waals surface area contributed by atoms with Crippen LogP contribution < -0.4 is 10.1 Å². The molecule has 1 aliphatic heterocycles. The van der Waals surface area contributed by atoms with E-state index in [-0.39, 0.29) is 11.2 Å². The van der Waals surface area contributed by atoms with Gasteiger partial charge in [0.25, 0.3) is 0 Å². The number of ether oxygens (including phenoxy) is 1. The van der Waals surface area contributed by atoms with Gasteiger partial charge in [-0.1, -0.05) is 59.6 Å². The van der Waals surface area contributed by atoms with Crippen molar-refractivity contribution in [1.29, 1.82) is 0 Å². The van der Waals surface area contributed by atoms with Crippen molar-refractivity contribution in [1.82, 2.24) is 14.8 Å². The van der Waals surface area contributed by atoms with Crippen LogP contribution in [0.4, 0.5) is 5.95 Å². The fourth-order valence-electron chi connectivity index (χ4n) is 4.47. The van der Waals surface area contributed by atoms with Gasteiger partial charge in [0.1, 0.15) is 24.7 Å². The molecule has 6 nitrogen and oxygen atoms in total. The number of Topliss-reactive ketones (excluding diaryl/α,β-unsaturated/α-hetero) is 1. The van der Waals surface area contributed by atoms with Gasteiger partial charge < -0.3 is 10.1 Å². The SMILES string of the molecule is CC1(C)CC(=O)C2=C(C1)Nc1ncnn1C2c1cc(Br)ccc1OCc1ccccc1Cl. The van der Waals surface area contributed by atoms with E-state index < -0.39 is 6.04 Å². The predicted octanol–water partition coefficient (Wildman–Crippen LogP) is 5.93. The molecule has 2 aliphatic rings. The van der Waals surface area contributed by atoms with Crippen LogP contribution in [0.5, 0.6) is 5.75 Å². The number of nitrogens with zero attached hydrogens (tertiary/aromatic N) is 3. The Balaban J connectivity index is 1.60. The first-order valence-corrected chi connectivity index (χ1v) is 11.6. The highest BCUT2D eigenvalue weighted by molar-refractivity contribution is 9.10. The van der Waals surface area contributed by atoms with Crippen LogP contribution in [0.3, 0.4) is 0 Å². The number of benzene rings is 2. The topological polar surface area (TPSA) is 69.0 Å². The van der Waals surface area contributed by atoms with Gasteiger partial charge in [-0.05, 0) is 36.1 Å². The van der Waals surface area contributed by atoms with Gasteiger partial charge in [0.2, 0.25) is 5.95 Å². The number of hydrogen-bond acceptors (Lipinski definition) is 5. The molecule has 1 atom stereocenters. The molecule has 0 amide bonds. The van der Waals surface area contributed by atoms with Crippen molar-refractivity contribution in [2.24, 2.45) is 5.41 Å². The lowest BCUT2D eigenvalue weighted by atomic mass is 9.73. The summed E-state index contributed by atoms with van der Waals surface area (Å²) in [5.41, 5.74) is 3.26. The van der Waals surface area contributed by atoms with Crippen LogP contribution in [0.1, 0.15) is 43.9 Å². The number of ketones is 1. The highest BCUT2D eigenvalue weighted by atomic mass is 79.9. The third-order valence-electron chi connectivity index (χ3n) is 5.88. The standard InChI is InChI=1S/C24H22BrClN4O2/c1-24(2)10-18-21(19(31)11-24)22(30-23(29-18)27-13-28-30)16-9-15(25)7-8-20(16)32-12-14-5-3-4-6-17(14)26/h3-9,13,22H,10-12H2,1-2H3,(H,27,28,29). The predicted molar refractivity (Wildman–Crippen MR) is 127 cm³/mol. The molecule has 8 heteroatoms. The van der Waals surface area contributed by atoms with Crippen molar-refractivity contribution < 1.29 is 9.53 Å². The third kappa shape index (κ3) is 3.84. The maximum atomic E-state index is 13.4. The van der Waals surface area contributed by atoms with Gasteiger partial charge in [0, 0.05) is 38.3 Å². The highest BCUT2D eigenvalue weighted by Gasteiger charge is 2.42. The normalized spacial score (nSPS) is 19.2. The number of hydrogen-bond donors (Lipinski definition) is 1. The summed E-state index contributed by atoms with van der Waals surface area (Å²) in [5.74, 6) is 1.41. The van der Waals surface area contributed by atoms with Crippen LogP contribution in [0.25, 0.3) is 0 Å². The summed E-state index contributed by atoms with van der Waals surface area (Å²) >= 11 is 9.91. The fourth-order valence-corrected chi connectivity index (χ4v) is 5.04. The Labute approximate surface area is 199 Å². The number of fused-ring (bicyclic) bond motifs is 1. The second kappa shape index (κ2) is 8.05. The van der Waals surface area contributed by atoms with Gasteiger partial charge in [0.05, 0.1) is 0 Å². The van der Waals surface area contributed by atoms with Crippen molar-refractivity contribution in [2.45, 2.75) is 39.3 Å². The number of carbonyl (C=O) groups excluding carboxylic acids is 1. The molecule has 2 aromatic carbocycles. The summed E-state index contributed by atoms with van der Waals surface area (Å²) in [6.45, 7) is 4.54. The van der Waals surface area contributed by atoms with Gasteiger partial charge in [0.15, 0.2) is 5.78 Å². The lowest BCUT2D eigenvalue weighted by Gasteiger charge is -2.38. The Hall–Kier alpha value is -2.64. The zero-order valence-corrected chi connectivity index (χ0v) is 20.1. The Morgan fingerprint density at radius 1 is 1.25 bits per heavy atom. The molecule has 0 radical (unpaired) electrons. The van der Waals surface area contributed by atoms with E-state index in [1.54, 1.807) is 4.68 Å². The average molecular weight is 514 g/mol. The highest BCUT2D eigenvalue weighted by Crippen LogP contribution is 2.47. The van der Waals surface area contributed by atoms with E-state index >= 15 is 0 Å². The molecule has 1 N–H and O–H groups in total. The Bertz CT molecular complexity index is 1250. The minimum atomic E-state index is -0.425. The van der Waals surface area contributed by atoms with Crippen LogP contribution in [-0.2, 0) is 11.4 Å². The first-order chi connectivity index (χ1) is 15.3. The van der Waals surface area contributed by atoms with E-state index in [2.05, 4.69) is 45.2 Å². The lowest BCUT2D eigenvalue weighted by molar-refractivity contribution is -0.118. The summed E-state index contributed by atoms with van der Waals surface area (Å²) in [6, 6.07) is 13.0. The molecular formula is C24H22BrClN4O2. The van der Waals surface area contributed by atoms with Crippen LogP contribution in [0.15, 0.2) is 64.5 Å². The Kier molecular flexibility index (Phi) is 5.34. The van der Waals surface area contributed by atoms with Crippen molar-refractivity contribution in [2.75, 3.05) is 5.32 Å². The van der Waals surface area contributed by atoms with Crippen LogP contribution in [0, 0.1) is 5.41 Å². The van der Waals surface area contributed by atoms with Crippen molar-refractivity contribution in [3.8, 4) is 5.75 Å². The van der Waals surface area contributed by atoms with E-state index in [0.717, 1.165) is 33.3 Å². The van der Waals surface area contributed by atoms with Gasteiger partial charge in [-0.3, -0.25) is 4.79 Å². The number of carbonyl (C=O) groups is 1. The van der Waals surface area contributed by atoms with E-state index in [4.69, 9.17) is 16.3 Å². The molecule has 0 fully saturated rings. The molecule has 1 unspecified atom stereocenters. The second-order valence-corrected chi connectivity index (χ2v) is 10.3. The molecule has 164 valence electrons. The van der Waals surface area contributed by atoms with Crippen LogP contribution in [-0.4, -0.2) is 20.5 Å². The molecule has 1 aliphatic carbocycles. The number of aromatic nitrogens is 3. The molecule has 0 saturated carbocycles. The molecule has 0 saturated heterocycles. The smallest absolute Gasteiger partial charge is 0.226 e. The van der Waals surface area contributed by atoms with Crippen molar-refractivity contribution >= 4 is 39.3 Å². The van der Waals surface area contributed by atoms with Crippen molar-refractivity contribution in [3.63, 3.8) is 0 Å². The number of rotatable bonds is 4. The average Bonchev–Trinajstić information content (AvgIpc) is 3.19. The fraction of sp³-hybridized carbons (Fsp3) is 0.292. The third-order valence-corrected chi connectivity index (χ3v) is 6.74. The minimum Gasteiger partial charge on any atom is -0.488 e. The van der Waals surface area contributed by atoms with E-state index in [0.29, 0.717) is 29.7 Å². The summed E-state index contributed by atoms with van der Waals surface area (Å²) < 4.78 is 8.89. The Morgan fingerprint density at radius 3 is 2.88 bits per heavy atom. The minimum absolute atomic E-state index is 0.115. The molecule has 2 heterocycles. The summed E-state index contributed by atoms with van der Waals surface area (Å²) in [7, 11) is 0. The lowest BCUT2D eigenvalue weighted by Crippen LogP contribution is -2.36. The van der Waals surface area contributed by atoms with Gasteiger partial charge >= 0.3 is 0 Å². The molecule has 0 bridgehead atoms. The summed E-state index contributed by atoms with van der Waals surface area (Å²) in [5, 5.41) is 8.44. The number of halogens is 2. The molecule has 1 aromatic heterocycles. The number of allylic oxidation sites excluding steroid dienone is 2. The number of nitrogens with one attached hydrogen (secondary N) is 1. The first-order valence-electron chi connectivity index (χ1n) is 10.4. The monoisotopic (exact) mass is 512 g/mol. The molecule has 3 aromatic rings. The molecular weight excluding hydrogens is 492 g/mol. The van der Waals surface area contributed by atoms with Gasteiger partial charge in [-0.2, -0.15) is 10.1 Å². The van der Waals surface area contributed by atoms with Gasteiger partial charge in [-0.25, -0.2) is 4.68 Å². The second-order valence-electron chi connectivity index (χ2n) is 8.95. The molecule has 5 rings (SSSR count). The zero-order chi connectivity index (χ0) is 22.5. The maximum absolute atomic E-state index is 13.4. The van der Waals surface area contributed by atoms with Crippen LogP contribution >= 0.6 is 27.5 Å². The van der Waals surface area contributed by atoms with Crippen molar-refractivity contribution in [3.05, 3.63) is 80.7 Å². The van der Waals surface area contributed by atoms with E-state index in [1.807, 2.05) is 42.5 Å². The summed E-state index contributed by atoms with van der Waals surface area (Å²) in [6.07, 6.45) is 2.75. The largest absolute Gasteiger partial charge is 0.488 e. The molecule has 0 spiro atoms. The first kappa shape index (κ1) is 21.2.